The molecule has 8 heteroatoms. The van der Waals surface area contributed by atoms with Crippen LogP contribution >= 0.6 is 11.3 Å². The van der Waals surface area contributed by atoms with E-state index in [2.05, 4.69) is 22.7 Å². The third kappa shape index (κ3) is 5.07. The van der Waals surface area contributed by atoms with Gasteiger partial charge in [0.25, 0.3) is 11.8 Å². The van der Waals surface area contributed by atoms with E-state index in [1.54, 1.807) is 0 Å². The third-order valence-electron chi connectivity index (χ3n) is 6.36. The number of hydrazone groups is 1. The Morgan fingerprint density at radius 3 is 2.53 bits per heavy atom. The van der Waals surface area contributed by atoms with Crippen LogP contribution in [0.2, 0.25) is 0 Å². The van der Waals surface area contributed by atoms with Crippen LogP contribution in [-0.4, -0.2) is 59.4 Å². The molecule has 4 rings (SSSR count). The standard InChI is InChI=1S/C24H28N4O3S/c1-27(24(31)21-8-5-15-32-21)20(16-17-6-3-2-4-7-17)18-11-13-28(14-12-18)23(30)19-9-10-22(29)26-25-19/h2-8,15,18,20H,9-14,16H2,1H3,(H,26,29)/t20-/m1/s1. The number of likely N-dealkylation sites (N-methyl/N-ethyl adjacent to an activating group) is 1. The van der Waals surface area contributed by atoms with Gasteiger partial charge in [0.15, 0.2) is 0 Å². The summed E-state index contributed by atoms with van der Waals surface area (Å²) in [7, 11) is 1.90. The van der Waals surface area contributed by atoms with Crippen LogP contribution in [0.5, 0.6) is 0 Å². The van der Waals surface area contributed by atoms with Crippen LogP contribution in [0, 0.1) is 5.92 Å². The molecule has 1 aromatic heterocycles. The van der Waals surface area contributed by atoms with Crippen molar-refractivity contribution in [1.82, 2.24) is 15.2 Å². The average Bonchev–Trinajstić information content (AvgIpc) is 3.38. The van der Waals surface area contributed by atoms with E-state index in [9.17, 15) is 14.4 Å². The Balaban J connectivity index is 1.45. The first-order valence-electron chi connectivity index (χ1n) is 11.0. The smallest absolute Gasteiger partial charge is 0.270 e. The first-order valence-corrected chi connectivity index (χ1v) is 11.9. The minimum Gasteiger partial charge on any atom is -0.338 e. The molecule has 7 nitrogen and oxygen atoms in total. The van der Waals surface area contributed by atoms with Crippen molar-refractivity contribution in [3.63, 3.8) is 0 Å². The number of carbonyl (C=O) groups is 3. The van der Waals surface area contributed by atoms with Crippen molar-refractivity contribution in [3.8, 4) is 0 Å². The third-order valence-corrected chi connectivity index (χ3v) is 7.22. The van der Waals surface area contributed by atoms with E-state index < -0.39 is 0 Å². The van der Waals surface area contributed by atoms with E-state index >= 15 is 0 Å². The lowest BCUT2D eigenvalue weighted by molar-refractivity contribution is -0.126. The largest absolute Gasteiger partial charge is 0.338 e. The van der Waals surface area contributed by atoms with Crippen molar-refractivity contribution in [2.75, 3.05) is 20.1 Å². The van der Waals surface area contributed by atoms with E-state index in [1.807, 2.05) is 52.6 Å². The molecule has 1 atom stereocenters. The molecule has 0 spiro atoms. The average molecular weight is 453 g/mol. The van der Waals surface area contributed by atoms with Crippen LogP contribution in [0.4, 0.5) is 0 Å². The van der Waals surface area contributed by atoms with Gasteiger partial charge in [-0.15, -0.1) is 11.3 Å². The number of amides is 3. The molecular weight excluding hydrogens is 424 g/mol. The lowest BCUT2D eigenvalue weighted by Crippen LogP contribution is -2.49. The van der Waals surface area contributed by atoms with E-state index in [4.69, 9.17) is 0 Å². The molecule has 1 N–H and O–H groups in total. The highest BCUT2D eigenvalue weighted by Gasteiger charge is 2.34. The molecule has 0 radical (unpaired) electrons. The number of hydrogen-bond acceptors (Lipinski definition) is 5. The maximum absolute atomic E-state index is 13.1. The first-order chi connectivity index (χ1) is 15.5. The van der Waals surface area contributed by atoms with Gasteiger partial charge in [-0.2, -0.15) is 5.10 Å². The molecule has 0 saturated carbocycles. The van der Waals surface area contributed by atoms with Gasteiger partial charge < -0.3 is 9.80 Å². The van der Waals surface area contributed by atoms with Crippen LogP contribution in [0.3, 0.4) is 0 Å². The van der Waals surface area contributed by atoms with Gasteiger partial charge in [-0.25, -0.2) is 5.43 Å². The summed E-state index contributed by atoms with van der Waals surface area (Å²) < 4.78 is 0. The van der Waals surface area contributed by atoms with Crippen molar-refractivity contribution in [3.05, 3.63) is 58.3 Å². The molecule has 32 heavy (non-hydrogen) atoms. The lowest BCUT2D eigenvalue weighted by Gasteiger charge is -2.40. The van der Waals surface area contributed by atoms with Gasteiger partial charge >= 0.3 is 0 Å². The fraction of sp³-hybridized carbons (Fsp3) is 0.417. The van der Waals surface area contributed by atoms with Gasteiger partial charge in [-0.1, -0.05) is 36.4 Å². The molecule has 3 heterocycles. The molecule has 0 aliphatic carbocycles. The number of likely N-dealkylation sites (tertiary alicyclic amines) is 1. The molecule has 2 aliphatic rings. The topological polar surface area (TPSA) is 82.1 Å². The molecule has 0 bridgehead atoms. The lowest BCUT2D eigenvalue weighted by atomic mass is 9.84. The number of hydrogen-bond donors (Lipinski definition) is 1. The van der Waals surface area contributed by atoms with Crippen molar-refractivity contribution in [2.24, 2.45) is 11.0 Å². The Morgan fingerprint density at radius 2 is 1.91 bits per heavy atom. The Hall–Kier alpha value is -3.00. The van der Waals surface area contributed by atoms with E-state index in [0.717, 1.165) is 24.1 Å². The zero-order valence-corrected chi connectivity index (χ0v) is 19.0. The summed E-state index contributed by atoms with van der Waals surface area (Å²) >= 11 is 1.46. The molecule has 2 aromatic rings. The highest BCUT2D eigenvalue weighted by molar-refractivity contribution is 7.12. The number of benzene rings is 1. The van der Waals surface area contributed by atoms with E-state index in [1.165, 1.54) is 16.9 Å². The SMILES string of the molecule is CN(C(=O)c1cccs1)[C@H](Cc1ccccc1)C1CCN(C(=O)C2=NNC(=O)CC2)CC1. The molecule has 3 amide bonds. The second-order valence-corrected chi connectivity index (χ2v) is 9.32. The molecular formula is C24H28N4O3S. The van der Waals surface area contributed by atoms with Gasteiger partial charge in [-0.3, -0.25) is 14.4 Å². The first kappa shape index (κ1) is 22.2. The quantitative estimate of drug-likeness (QED) is 0.732. The molecule has 1 saturated heterocycles. The fourth-order valence-electron chi connectivity index (χ4n) is 4.50. The van der Waals surface area contributed by atoms with Gasteiger partial charge in [0.1, 0.15) is 5.71 Å². The van der Waals surface area contributed by atoms with E-state index in [0.29, 0.717) is 37.6 Å². The predicted molar refractivity (Wildman–Crippen MR) is 124 cm³/mol. The summed E-state index contributed by atoms with van der Waals surface area (Å²) in [6.07, 6.45) is 3.12. The number of rotatable bonds is 6. The maximum atomic E-state index is 13.1. The Morgan fingerprint density at radius 1 is 1.16 bits per heavy atom. The second kappa shape index (κ2) is 10.1. The Kier molecular flexibility index (Phi) is 6.99. The summed E-state index contributed by atoms with van der Waals surface area (Å²) in [5, 5.41) is 5.87. The van der Waals surface area contributed by atoms with Crippen molar-refractivity contribution in [2.45, 2.75) is 38.1 Å². The number of piperidine rings is 1. The van der Waals surface area contributed by atoms with Gasteiger partial charge in [-0.05, 0) is 42.2 Å². The zero-order chi connectivity index (χ0) is 22.5. The van der Waals surface area contributed by atoms with Crippen LogP contribution in [-0.2, 0) is 16.0 Å². The zero-order valence-electron chi connectivity index (χ0n) is 18.2. The predicted octanol–water partition coefficient (Wildman–Crippen LogP) is 2.94. The summed E-state index contributed by atoms with van der Waals surface area (Å²) in [4.78, 5) is 41.7. The number of nitrogens with one attached hydrogen (secondary N) is 1. The summed E-state index contributed by atoms with van der Waals surface area (Å²) in [5.74, 6) is 0.0986. The molecule has 0 unspecified atom stereocenters. The Labute approximate surface area is 192 Å². The fourth-order valence-corrected chi connectivity index (χ4v) is 5.20. The molecule has 2 aliphatic heterocycles. The summed E-state index contributed by atoms with van der Waals surface area (Å²) in [5.41, 5.74) is 4.03. The monoisotopic (exact) mass is 452 g/mol. The van der Waals surface area contributed by atoms with Crippen molar-refractivity contribution in [1.29, 1.82) is 0 Å². The normalized spacial score (nSPS) is 18.0. The molecule has 1 fully saturated rings. The van der Waals surface area contributed by atoms with Crippen molar-refractivity contribution < 1.29 is 14.4 Å². The van der Waals surface area contributed by atoms with Gasteiger partial charge in [0.2, 0.25) is 5.91 Å². The number of nitrogens with zero attached hydrogens (tertiary/aromatic N) is 3. The minimum absolute atomic E-state index is 0.0479. The molecule has 1 aromatic carbocycles. The van der Waals surface area contributed by atoms with Crippen LogP contribution in [0.15, 0.2) is 52.9 Å². The van der Waals surface area contributed by atoms with Gasteiger partial charge in [0, 0.05) is 39.0 Å². The van der Waals surface area contributed by atoms with Crippen LogP contribution in [0.1, 0.15) is 40.9 Å². The minimum atomic E-state index is -0.151. The highest BCUT2D eigenvalue weighted by Crippen LogP contribution is 2.28. The highest BCUT2D eigenvalue weighted by atomic mass is 32.1. The second-order valence-electron chi connectivity index (χ2n) is 8.37. The number of thiophene rings is 1. The maximum Gasteiger partial charge on any atom is 0.270 e. The summed E-state index contributed by atoms with van der Waals surface area (Å²) in [6, 6.07) is 14.1. The van der Waals surface area contributed by atoms with Crippen LogP contribution in [0.25, 0.3) is 0 Å². The van der Waals surface area contributed by atoms with E-state index in [-0.39, 0.29) is 23.8 Å². The van der Waals surface area contributed by atoms with Gasteiger partial charge in [0.05, 0.1) is 4.88 Å². The Bertz CT molecular complexity index is 982. The summed E-state index contributed by atoms with van der Waals surface area (Å²) in [6.45, 7) is 1.26. The van der Waals surface area contributed by atoms with Crippen LogP contribution < -0.4 is 5.43 Å². The van der Waals surface area contributed by atoms with Crippen molar-refractivity contribution >= 4 is 34.8 Å². The number of carbonyl (C=O) groups excluding carboxylic acids is 3. The molecule has 168 valence electrons.